The van der Waals surface area contributed by atoms with Crippen molar-refractivity contribution in [1.82, 2.24) is 0 Å². The number of thiol groups is 1. The molecule has 1 nitrogen and oxygen atoms in total. The summed E-state index contributed by atoms with van der Waals surface area (Å²) in [6.07, 6.45) is 6.17. The summed E-state index contributed by atoms with van der Waals surface area (Å²) in [4.78, 5) is 11.0. The van der Waals surface area contributed by atoms with Gasteiger partial charge in [0.05, 0.1) is 0 Å². The molecule has 0 radical (unpaired) electrons. The highest BCUT2D eigenvalue weighted by atomic mass is 32.1. The maximum Gasteiger partial charge on any atom is 0.134 e. The number of ketones is 1. The van der Waals surface area contributed by atoms with E-state index < -0.39 is 0 Å². The van der Waals surface area contributed by atoms with Crippen LogP contribution in [0.1, 0.15) is 38.5 Å². The normalized spacial score (nSPS) is 29.3. The molecule has 0 aromatic heterocycles. The molecule has 0 aromatic rings. The quantitative estimate of drug-likeness (QED) is 0.535. The Bertz CT molecular complexity index is 122. The van der Waals surface area contributed by atoms with Crippen LogP contribution in [-0.2, 0) is 4.79 Å². The first-order chi connectivity index (χ1) is 4.79. The van der Waals surface area contributed by atoms with Gasteiger partial charge in [-0.3, -0.25) is 4.79 Å². The summed E-state index contributed by atoms with van der Waals surface area (Å²) >= 11 is 4.32. The van der Waals surface area contributed by atoms with E-state index in [0.29, 0.717) is 17.5 Å². The summed E-state index contributed by atoms with van der Waals surface area (Å²) in [6.45, 7) is 0. The molecule has 0 amide bonds. The minimum Gasteiger partial charge on any atom is -0.300 e. The molecule has 10 heavy (non-hydrogen) atoms. The number of Topliss-reactive ketones (excluding diaryl/α,β-unsaturated/α-hetero) is 1. The summed E-state index contributed by atoms with van der Waals surface area (Å²) in [5.74, 6) is 0.403. The molecule has 1 aliphatic rings. The molecule has 0 bridgehead atoms. The van der Waals surface area contributed by atoms with Crippen LogP contribution < -0.4 is 0 Å². The lowest BCUT2D eigenvalue weighted by Crippen LogP contribution is -2.10. The van der Waals surface area contributed by atoms with E-state index in [-0.39, 0.29) is 0 Å². The van der Waals surface area contributed by atoms with Crippen LogP contribution in [-0.4, -0.2) is 11.0 Å². The number of rotatable bonds is 0. The Kier molecular flexibility index (Phi) is 3.26. The molecule has 1 saturated carbocycles. The van der Waals surface area contributed by atoms with Gasteiger partial charge in [0, 0.05) is 18.1 Å². The van der Waals surface area contributed by atoms with Crippen molar-refractivity contribution in [3.63, 3.8) is 0 Å². The van der Waals surface area contributed by atoms with Gasteiger partial charge in [-0.25, -0.2) is 0 Å². The van der Waals surface area contributed by atoms with Crippen molar-refractivity contribution in [1.29, 1.82) is 0 Å². The maximum atomic E-state index is 11.0. The van der Waals surface area contributed by atoms with Crippen LogP contribution in [0.2, 0.25) is 0 Å². The average Bonchev–Trinajstić information content (AvgIpc) is 1.83. The van der Waals surface area contributed by atoms with Crippen LogP contribution >= 0.6 is 12.6 Å². The van der Waals surface area contributed by atoms with Crippen LogP contribution in [0.25, 0.3) is 0 Å². The zero-order chi connectivity index (χ0) is 7.40. The summed E-state index contributed by atoms with van der Waals surface area (Å²) in [5, 5.41) is 0.341. The van der Waals surface area contributed by atoms with Gasteiger partial charge >= 0.3 is 0 Å². The summed E-state index contributed by atoms with van der Waals surface area (Å²) in [6, 6.07) is 0. The van der Waals surface area contributed by atoms with Gasteiger partial charge in [-0.2, -0.15) is 12.6 Å². The van der Waals surface area contributed by atoms with Gasteiger partial charge in [-0.15, -0.1) is 0 Å². The van der Waals surface area contributed by atoms with Crippen molar-refractivity contribution in [3.8, 4) is 0 Å². The Morgan fingerprint density at radius 3 is 2.90 bits per heavy atom. The molecule has 0 saturated heterocycles. The van der Waals surface area contributed by atoms with Crippen LogP contribution in [0.5, 0.6) is 0 Å². The number of carbonyl (C=O) groups excluding carboxylic acids is 1. The summed E-state index contributed by atoms with van der Waals surface area (Å²) in [5.41, 5.74) is 0. The molecule has 0 aromatic carbocycles. The van der Waals surface area contributed by atoms with E-state index in [1.165, 1.54) is 12.8 Å². The van der Waals surface area contributed by atoms with Crippen LogP contribution in [0.3, 0.4) is 0 Å². The lowest BCUT2D eigenvalue weighted by Gasteiger charge is -2.12. The van der Waals surface area contributed by atoms with Crippen LogP contribution in [0, 0.1) is 0 Å². The first-order valence-electron chi connectivity index (χ1n) is 3.99. The fraction of sp³-hybridized carbons (Fsp3) is 0.875. The Hall–Kier alpha value is 0.0200. The summed E-state index contributed by atoms with van der Waals surface area (Å²) < 4.78 is 0. The molecule has 0 N–H and O–H groups in total. The molecule has 58 valence electrons. The number of hydrogen-bond acceptors (Lipinski definition) is 2. The third-order valence-electron chi connectivity index (χ3n) is 1.96. The second-order valence-electron chi connectivity index (χ2n) is 3.00. The highest BCUT2D eigenvalue weighted by Crippen LogP contribution is 2.18. The van der Waals surface area contributed by atoms with Crippen molar-refractivity contribution in [3.05, 3.63) is 0 Å². The van der Waals surface area contributed by atoms with Gasteiger partial charge in [0.15, 0.2) is 0 Å². The predicted molar refractivity (Wildman–Crippen MR) is 45.5 cm³/mol. The molecular weight excluding hydrogens is 144 g/mol. The highest BCUT2D eigenvalue weighted by molar-refractivity contribution is 7.81. The maximum absolute atomic E-state index is 11.0. The molecule has 0 spiro atoms. The molecule has 1 unspecified atom stereocenters. The Balaban J connectivity index is 2.32. The van der Waals surface area contributed by atoms with E-state index in [0.717, 1.165) is 19.3 Å². The van der Waals surface area contributed by atoms with E-state index in [9.17, 15) is 4.79 Å². The molecule has 0 heterocycles. The Labute approximate surface area is 67.6 Å². The Morgan fingerprint density at radius 2 is 2.10 bits per heavy atom. The van der Waals surface area contributed by atoms with E-state index in [4.69, 9.17) is 0 Å². The number of carbonyl (C=O) groups is 1. The van der Waals surface area contributed by atoms with E-state index >= 15 is 0 Å². The lowest BCUT2D eigenvalue weighted by atomic mass is 10.00. The standard InChI is InChI=1S/C8H14OS/c9-7-4-2-1-3-5-8(10)6-7/h8,10H,1-6H2. The first kappa shape index (κ1) is 8.12. The second kappa shape index (κ2) is 4.02. The van der Waals surface area contributed by atoms with Crippen LogP contribution in [0.4, 0.5) is 0 Å². The minimum absolute atomic E-state index is 0.341. The zero-order valence-corrected chi connectivity index (χ0v) is 7.07. The molecule has 0 aliphatic heterocycles. The van der Waals surface area contributed by atoms with Gasteiger partial charge < -0.3 is 0 Å². The molecule has 1 rings (SSSR count). The SMILES string of the molecule is O=C1CCCCCC(S)C1. The van der Waals surface area contributed by atoms with Crippen molar-refractivity contribution >= 4 is 18.4 Å². The Morgan fingerprint density at radius 1 is 1.30 bits per heavy atom. The zero-order valence-electron chi connectivity index (χ0n) is 6.18. The first-order valence-corrected chi connectivity index (χ1v) is 4.50. The monoisotopic (exact) mass is 158 g/mol. The topological polar surface area (TPSA) is 17.1 Å². The van der Waals surface area contributed by atoms with Crippen molar-refractivity contribution < 1.29 is 4.79 Å². The highest BCUT2D eigenvalue weighted by Gasteiger charge is 2.12. The van der Waals surface area contributed by atoms with E-state index in [1.807, 2.05) is 0 Å². The van der Waals surface area contributed by atoms with Crippen molar-refractivity contribution in [2.45, 2.75) is 43.8 Å². The van der Waals surface area contributed by atoms with Gasteiger partial charge in [-0.1, -0.05) is 12.8 Å². The van der Waals surface area contributed by atoms with E-state index in [2.05, 4.69) is 12.6 Å². The van der Waals surface area contributed by atoms with Gasteiger partial charge in [0.2, 0.25) is 0 Å². The van der Waals surface area contributed by atoms with Crippen molar-refractivity contribution in [2.75, 3.05) is 0 Å². The van der Waals surface area contributed by atoms with Gasteiger partial charge in [0.25, 0.3) is 0 Å². The largest absolute Gasteiger partial charge is 0.300 e. The summed E-state index contributed by atoms with van der Waals surface area (Å²) in [7, 11) is 0. The fourth-order valence-electron chi connectivity index (χ4n) is 1.35. The van der Waals surface area contributed by atoms with Gasteiger partial charge in [0.1, 0.15) is 5.78 Å². The third kappa shape index (κ3) is 2.74. The second-order valence-corrected chi connectivity index (χ2v) is 3.73. The van der Waals surface area contributed by atoms with E-state index in [1.54, 1.807) is 0 Å². The molecular formula is C8H14OS. The average molecular weight is 158 g/mol. The van der Waals surface area contributed by atoms with Crippen molar-refractivity contribution in [2.24, 2.45) is 0 Å². The molecule has 1 atom stereocenters. The lowest BCUT2D eigenvalue weighted by molar-refractivity contribution is -0.119. The minimum atomic E-state index is 0.341. The van der Waals surface area contributed by atoms with Gasteiger partial charge in [-0.05, 0) is 12.8 Å². The fourth-order valence-corrected chi connectivity index (χ4v) is 1.73. The molecule has 1 fully saturated rings. The predicted octanol–water partition coefficient (Wildman–Crippen LogP) is 2.21. The smallest absolute Gasteiger partial charge is 0.134 e. The number of hydrogen-bond donors (Lipinski definition) is 1. The third-order valence-corrected chi connectivity index (χ3v) is 2.40. The molecule has 2 heteroatoms. The molecule has 1 aliphatic carbocycles. The van der Waals surface area contributed by atoms with Crippen LogP contribution in [0.15, 0.2) is 0 Å².